The molecule has 2 aromatic carbocycles. The number of ether oxygens (including phenoxy) is 1. The summed E-state index contributed by atoms with van der Waals surface area (Å²) in [6, 6.07) is 18.4. The van der Waals surface area contributed by atoms with Gasteiger partial charge in [0.1, 0.15) is 23.2 Å². The molecule has 3 heterocycles. The summed E-state index contributed by atoms with van der Waals surface area (Å²) in [4.78, 5) is 19.6. The van der Waals surface area contributed by atoms with Gasteiger partial charge in [-0.3, -0.25) is 4.79 Å². The molecule has 0 unspecified atom stereocenters. The van der Waals surface area contributed by atoms with Crippen molar-refractivity contribution in [1.29, 1.82) is 0 Å². The van der Waals surface area contributed by atoms with Gasteiger partial charge in [0.15, 0.2) is 5.82 Å². The number of hydrogen-bond donors (Lipinski definition) is 1. The number of carbonyl (C=O) groups is 1. The standard InChI is InChI=1S/C29H33N5O2/c1-20-6-8-21(9-7-20)15-30-27(35)29(5)17-33(18-29)26-25-14-23(16-34(25)32-19-31-26)22-10-12-24(13-11-22)36-28(2,3)4/h6-14,16,19H,15,17-18H2,1-5H3,(H,30,35). The highest BCUT2D eigenvalue weighted by Gasteiger charge is 2.46. The monoisotopic (exact) mass is 483 g/mol. The molecule has 1 aliphatic heterocycles. The molecule has 186 valence electrons. The van der Waals surface area contributed by atoms with Crippen molar-refractivity contribution in [3.05, 3.63) is 78.2 Å². The summed E-state index contributed by atoms with van der Waals surface area (Å²) in [6.07, 6.45) is 3.58. The number of carbonyl (C=O) groups excluding carboxylic acids is 1. The second-order valence-corrected chi connectivity index (χ2v) is 11.0. The number of aromatic nitrogens is 3. The lowest BCUT2D eigenvalue weighted by Crippen LogP contribution is -2.62. The van der Waals surface area contributed by atoms with Gasteiger partial charge in [-0.15, -0.1) is 0 Å². The summed E-state index contributed by atoms with van der Waals surface area (Å²) in [5.74, 6) is 1.75. The van der Waals surface area contributed by atoms with E-state index in [2.05, 4.69) is 69.7 Å². The Kier molecular flexibility index (Phi) is 5.94. The summed E-state index contributed by atoms with van der Waals surface area (Å²) in [5.41, 5.74) is 4.68. The number of nitrogens with one attached hydrogen (secondary N) is 1. The van der Waals surface area contributed by atoms with E-state index in [9.17, 15) is 4.79 Å². The van der Waals surface area contributed by atoms with E-state index in [1.807, 2.05) is 50.5 Å². The number of nitrogens with zero attached hydrogens (tertiary/aromatic N) is 4. The minimum absolute atomic E-state index is 0.0676. The van der Waals surface area contributed by atoms with E-state index in [0.717, 1.165) is 33.8 Å². The number of fused-ring (bicyclic) bond motifs is 1. The highest BCUT2D eigenvalue weighted by atomic mass is 16.5. The van der Waals surface area contributed by atoms with Crippen LogP contribution in [-0.2, 0) is 11.3 Å². The van der Waals surface area contributed by atoms with Crippen LogP contribution in [0.1, 0.15) is 38.8 Å². The molecule has 1 saturated heterocycles. The molecule has 0 spiro atoms. The maximum Gasteiger partial charge on any atom is 0.229 e. The van der Waals surface area contributed by atoms with E-state index in [1.165, 1.54) is 5.56 Å². The summed E-state index contributed by atoms with van der Waals surface area (Å²) in [7, 11) is 0. The molecule has 0 atom stereocenters. The van der Waals surface area contributed by atoms with Crippen LogP contribution in [0.15, 0.2) is 67.1 Å². The summed E-state index contributed by atoms with van der Waals surface area (Å²) in [6.45, 7) is 11.9. The van der Waals surface area contributed by atoms with Crippen LogP contribution >= 0.6 is 0 Å². The van der Waals surface area contributed by atoms with Crippen LogP contribution in [0.4, 0.5) is 5.82 Å². The molecule has 0 bridgehead atoms. The molecule has 5 rings (SSSR count). The second-order valence-electron chi connectivity index (χ2n) is 11.0. The van der Waals surface area contributed by atoms with Gasteiger partial charge in [-0.2, -0.15) is 5.10 Å². The Morgan fingerprint density at radius 3 is 2.42 bits per heavy atom. The minimum Gasteiger partial charge on any atom is -0.488 e. The van der Waals surface area contributed by atoms with E-state index < -0.39 is 5.41 Å². The van der Waals surface area contributed by atoms with Crippen LogP contribution in [-0.4, -0.2) is 39.2 Å². The number of aryl methyl sites for hydroxylation is 1. The van der Waals surface area contributed by atoms with Crippen molar-refractivity contribution in [3.63, 3.8) is 0 Å². The molecular weight excluding hydrogens is 450 g/mol. The molecule has 36 heavy (non-hydrogen) atoms. The van der Waals surface area contributed by atoms with Crippen molar-refractivity contribution >= 4 is 17.2 Å². The van der Waals surface area contributed by atoms with Crippen molar-refractivity contribution in [2.45, 2.75) is 46.8 Å². The Morgan fingerprint density at radius 2 is 1.75 bits per heavy atom. The van der Waals surface area contributed by atoms with Crippen LogP contribution in [0.25, 0.3) is 16.6 Å². The van der Waals surface area contributed by atoms with Crippen molar-refractivity contribution < 1.29 is 9.53 Å². The van der Waals surface area contributed by atoms with Crippen molar-refractivity contribution in [2.75, 3.05) is 18.0 Å². The third-order valence-electron chi connectivity index (χ3n) is 6.50. The lowest BCUT2D eigenvalue weighted by Gasteiger charge is -2.47. The smallest absolute Gasteiger partial charge is 0.229 e. The molecule has 0 radical (unpaired) electrons. The Hall–Kier alpha value is -3.87. The zero-order valence-corrected chi connectivity index (χ0v) is 21.6. The predicted octanol–water partition coefficient (Wildman–Crippen LogP) is 5.02. The Bertz CT molecular complexity index is 1380. The molecule has 4 aromatic rings. The molecule has 1 fully saturated rings. The molecule has 0 aliphatic carbocycles. The first-order valence-corrected chi connectivity index (χ1v) is 12.3. The summed E-state index contributed by atoms with van der Waals surface area (Å²) in [5, 5.41) is 7.51. The lowest BCUT2D eigenvalue weighted by molar-refractivity contribution is -0.131. The van der Waals surface area contributed by atoms with Crippen molar-refractivity contribution in [3.8, 4) is 16.9 Å². The highest BCUT2D eigenvalue weighted by Crippen LogP contribution is 2.36. The summed E-state index contributed by atoms with van der Waals surface area (Å²) >= 11 is 0. The average molecular weight is 484 g/mol. The first-order chi connectivity index (χ1) is 17.1. The van der Waals surface area contributed by atoms with Gasteiger partial charge in [0.2, 0.25) is 5.91 Å². The van der Waals surface area contributed by atoms with Crippen LogP contribution < -0.4 is 15.0 Å². The zero-order valence-electron chi connectivity index (χ0n) is 21.6. The molecule has 7 heteroatoms. The molecule has 1 N–H and O–H groups in total. The fourth-order valence-corrected chi connectivity index (χ4v) is 4.58. The van der Waals surface area contributed by atoms with Crippen LogP contribution in [0.2, 0.25) is 0 Å². The van der Waals surface area contributed by atoms with Gasteiger partial charge in [-0.1, -0.05) is 42.0 Å². The van der Waals surface area contributed by atoms with Crippen molar-refractivity contribution in [2.24, 2.45) is 5.41 Å². The van der Waals surface area contributed by atoms with Gasteiger partial charge >= 0.3 is 0 Å². The number of anilines is 1. The fraction of sp³-hybridized carbons (Fsp3) is 0.345. The van der Waals surface area contributed by atoms with E-state index in [0.29, 0.717) is 19.6 Å². The zero-order chi connectivity index (χ0) is 25.5. The first-order valence-electron chi connectivity index (χ1n) is 12.3. The lowest BCUT2D eigenvalue weighted by atomic mass is 9.81. The predicted molar refractivity (Wildman–Crippen MR) is 142 cm³/mol. The third kappa shape index (κ3) is 4.91. The van der Waals surface area contributed by atoms with Gasteiger partial charge in [0, 0.05) is 31.4 Å². The number of benzene rings is 2. The maximum absolute atomic E-state index is 12.9. The number of hydrogen-bond acceptors (Lipinski definition) is 5. The summed E-state index contributed by atoms with van der Waals surface area (Å²) < 4.78 is 7.79. The van der Waals surface area contributed by atoms with E-state index in [1.54, 1.807) is 6.33 Å². The fourth-order valence-electron chi connectivity index (χ4n) is 4.58. The van der Waals surface area contributed by atoms with Gasteiger partial charge in [0.25, 0.3) is 0 Å². The minimum atomic E-state index is -0.453. The third-order valence-corrected chi connectivity index (χ3v) is 6.50. The normalized spacial score (nSPS) is 15.0. The number of rotatable bonds is 6. The number of amides is 1. The topological polar surface area (TPSA) is 71.8 Å². The SMILES string of the molecule is Cc1ccc(CNC(=O)C2(C)CN(c3ncnn4cc(-c5ccc(OC(C)(C)C)cc5)cc34)C2)cc1. The largest absolute Gasteiger partial charge is 0.488 e. The molecule has 1 aliphatic rings. The van der Waals surface area contributed by atoms with Crippen LogP contribution in [0, 0.1) is 12.3 Å². The van der Waals surface area contributed by atoms with Gasteiger partial charge in [-0.05, 0) is 63.9 Å². The highest BCUT2D eigenvalue weighted by molar-refractivity contribution is 5.87. The second kappa shape index (κ2) is 8.97. The van der Waals surface area contributed by atoms with Crippen LogP contribution in [0.3, 0.4) is 0 Å². The molecule has 2 aromatic heterocycles. The Labute approximate surface area is 212 Å². The Balaban J connectivity index is 1.28. The van der Waals surface area contributed by atoms with E-state index in [4.69, 9.17) is 4.74 Å². The molecule has 1 amide bonds. The average Bonchev–Trinajstić information content (AvgIpc) is 3.25. The van der Waals surface area contributed by atoms with Gasteiger partial charge < -0.3 is 15.0 Å². The quantitative estimate of drug-likeness (QED) is 0.417. The van der Waals surface area contributed by atoms with Crippen LogP contribution in [0.5, 0.6) is 5.75 Å². The van der Waals surface area contributed by atoms with E-state index in [-0.39, 0.29) is 11.5 Å². The Morgan fingerprint density at radius 1 is 1.06 bits per heavy atom. The molecular formula is C29H33N5O2. The maximum atomic E-state index is 12.9. The van der Waals surface area contributed by atoms with Gasteiger partial charge in [0.05, 0.1) is 5.41 Å². The van der Waals surface area contributed by atoms with Crippen molar-refractivity contribution in [1.82, 2.24) is 19.9 Å². The van der Waals surface area contributed by atoms with E-state index >= 15 is 0 Å². The van der Waals surface area contributed by atoms with Gasteiger partial charge in [-0.25, -0.2) is 9.50 Å². The molecule has 7 nitrogen and oxygen atoms in total. The molecule has 0 saturated carbocycles. The first kappa shape index (κ1) is 23.9.